The SMILES string of the molecule is CCC(C)(C)C(=O)OC12CC3CC(CC(O)(C3)C1)C2.CCC(C)(C)C(=O)OCC(=O)OC1(C)CCCCC1. The molecule has 0 spiro atoms. The molecule has 38 heavy (non-hydrogen) atoms. The summed E-state index contributed by atoms with van der Waals surface area (Å²) < 4.78 is 16.5. The second-order valence-electron chi connectivity index (χ2n) is 14.3. The van der Waals surface area contributed by atoms with Gasteiger partial charge in [0.1, 0.15) is 11.2 Å². The highest BCUT2D eigenvalue weighted by atomic mass is 16.6. The standard InChI is InChI=1S/C16H26O3.C15H26O4/c1-4-14(2,3)13(17)19-16-8-11-5-12(9-16)7-15(18,6-11)10-16;1-5-14(2,3)13(17)18-11-12(16)19-15(4)9-7-6-8-10-15/h11-12,18H,4-10H2,1-3H3;5-11H2,1-4H3. The summed E-state index contributed by atoms with van der Waals surface area (Å²) >= 11 is 0. The number of rotatable bonds is 8. The van der Waals surface area contributed by atoms with Gasteiger partial charge in [0, 0.05) is 6.42 Å². The molecular weight excluding hydrogens is 484 g/mol. The zero-order valence-corrected chi connectivity index (χ0v) is 25.0. The molecule has 0 aliphatic heterocycles. The number of ether oxygens (including phenoxy) is 3. The molecular formula is C31H52O7. The Morgan fingerprint density at radius 1 is 0.816 bits per heavy atom. The molecule has 7 nitrogen and oxygen atoms in total. The zero-order chi connectivity index (χ0) is 28.4. The van der Waals surface area contributed by atoms with Crippen LogP contribution in [0.1, 0.15) is 132 Å². The smallest absolute Gasteiger partial charge is 0.344 e. The number of hydrogen-bond donors (Lipinski definition) is 1. The van der Waals surface area contributed by atoms with Crippen LogP contribution in [0.15, 0.2) is 0 Å². The van der Waals surface area contributed by atoms with E-state index in [1.54, 1.807) is 0 Å². The van der Waals surface area contributed by atoms with E-state index in [9.17, 15) is 19.5 Å². The summed E-state index contributed by atoms with van der Waals surface area (Å²) in [4.78, 5) is 35.9. The Labute approximate surface area is 229 Å². The number of carbonyl (C=O) groups excluding carboxylic acids is 3. The van der Waals surface area contributed by atoms with Crippen molar-refractivity contribution in [1.82, 2.24) is 0 Å². The van der Waals surface area contributed by atoms with Gasteiger partial charge in [-0.05, 0) is 117 Å². The summed E-state index contributed by atoms with van der Waals surface area (Å²) in [6, 6.07) is 0. The van der Waals surface area contributed by atoms with Crippen LogP contribution in [0.25, 0.3) is 0 Å². The van der Waals surface area contributed by atoms with Crippen molar-refractivity contribution in [2.24, 2.45) is 22.7 Å². The molecule has 2 unspecified atom stereocenters. The second-order valence-corrected chi connectivity index (χ2v) is 14.3. The molecule has 0 aromatic rings. The molecule has 7 heteroatoms. The van der Waals surface area contributed by atoms with Crippen LogP contribution < -0.4 is 0 Å². The predicted molar refractivity (Wildman–Crippen MR) is 145 cm³/mol. The topological polar surface area (TPSA) is 99.1 Å². The fourth-order valence-corrected chi connectivity index (χ4v) is 6.90. The number of hydrogen-bond acceptors (Lipinski definition) is 7. The van der Waals surface area contributed by atoms with Crippen molar-refractivity contribution in [2.75, 3.05) is 6.61 Å². The molecule has 0 radical (unpaired) electrons. The average molecular weight is 537 g/mol. The largest absolute Gasteiger partial charge is 0.459 e. The molecule has 5 aliphatic rings. The van der Waals surface area contributed by atoms with Crippen molar-refractivity contribution in [3.8, 4) is 0 Å². The first-order valence-electron chi connectivity index (χ1n) is 14.9. The summed E-state index contributed by atoms with van der Waals surface area (Å²) in [5.41, 5.74) is -2.24. The Kier molecular flexibility index (Phi) is 9.32. The fraction of sp³-hybridized carbons (Fsp3) is 0.903. The van der Waals surface area contributed by atoms with Crippen LogP contribution in [0.2, 0.25) is 0 Å². The van der Waals surface area contributed by atoms with Gasteiger partial charge in [-0.25, -0.2) is 4.79 Å². The van der Waals surface area contributed by atoms with Crippen molar-refractivity contribution in [2.45, 2.75) is 149 Å². The van der Waals surface area contributed by atoms with Crippen LogP contribution in [0, 0.1) is 22.7 Å². The molecule has 218 valence electrons. The molecule has 5 aliphatic carbocycles. The van der Waals surface area contributed by atoms with E-state index in [0.29, 0.717) is 24.7 Å². The van der Waals surface area contributed by atoms with Crippen LogP contribution in [0.4, 0.5) is 0 Å². The maximum atomic E-state index is 12.4. The van der Waals surface area contributed by atoms with Crippen molar-refractivity contribution < 1.29 is 33.7 Å². The van der Waals surface area contributed by atoms with Crippen LogP contribution in [-0.4, -0.2) is 46.4 Å². The number of esters is 3. The monoisotopic (exact) mass is 536 g/mol. The Morgan fingerprint density at radius 3 is 1.84 bits per heavy atom. The van der Waals surface area contributed by atoms with Gasteiger partial charge in [0.2, 0.25) is 0 Å². The minimum Gasteiger partial charge on any atom is -0.459 e. The summed E-state index contributed by atoms with van der Waals surface area (Å²) in [5.74, 6) is 0.249. The van der Waals surface area contributed by atoms with Gasteiger partial charge in [-0.15, -0.1) is 0 Å². The highest BCUT2D eigenvalue weighted by Gasteiger charge is 2.59. The van der Waals surface area contributed by atoms with Gasteiger partial charge in [-0.2, -0.15) is 0 Å². The van der Waals surface area contributed by atoms with Crippen LogP contribution >= 0.6 is 0 Å². The normalized spacial score (nSPS) is 31.6. The van der Waals surface area contributed by atoms with Gasteiger partial charge in [0.05, 0.1) is 16.4 Å². The van der Waals surface area contributed by atoms with Gasteiger partial charge >= 0.3 is 17.9 Å². The molecule has 0 aromatic carbocycles. The molecule has 5 fully saturated rings. The molecule has 1 N–H and O–H groups in total. The Morgan fingerprint density at radius 2 is 1.34 bits per heavy atom. The lowest BCUT2D eigenvalue weighted by Crippen LogP contribution is -2.61. The Hall–Kier alpha value is -1.63. The lowest BCUT2D eigenvalue weighted by atomic mass is 9.52. The van der Waals surface area contributed by atoms with Crippen molar-refractivity contribution in [1.29, 1.82) is 0 Å². The minimum atomic E-state index is -0.555. The first kappa shape index (κ1) is 30.9. The van der Waals surface area contributed by atoms with Gasteiger partial charge < -0.3 is 19.3 Å². The summed E-state index contributed by atoms with van der Waals surface area (Å²) in [5, 5.41) is 10.6. The maximum Gasteiger partial charge on any atom is 0.344 e. The summed E-state index contributed by atoms with van der Waals surface area (Å²) in [6.07, 6.45) is 12.3. The highest BCUT2D eigenvalue weighted by molar-refractivity contribution is 5.80. The van der Waals surface area contributed by atoms with Crippen molar-refractivity contribution in [3.05, 3.63) is 0 Å². The van der Waals surface area contributed by atoms with E-state index in [4.69, 9.17) is 14.2 Å². The van der Waals surface area contributed by atoms with E-state index in [2.05, 4.69) is 0 Å². The lowest BCUT2D eigenvalue weighted by molar-refractivity contribution is -0.225. The van der Waals surface area contributed by atoms with Gasteiger partial charge in [-0.3, -0.25) is 9.59 Å². The third kappa shape index (κ3) is 7.51. The van der Waals surface area contributed by atoms with Gasteiger partial charge in [0.25, 0.3) is 0 Å². The number of aliphatic hydroxyl groups is 1. The van der Waals surface area contributed by atoms with Crippen molar-refractivity contribution >= 4 is 17.9 Å². The lowest BCUT2D eigenvalue weighted by Gasteiger charge is -2.59. The third-order valence-electron chi connectivity index (χ3n) is 9.75. The first-order chi connectivity index (χ1) is 17.5. The first-order valence-corrected chi connectivity index (χ1v) is 14.9. The van der Waals surface area contributed by atoms with Gasteiger partial charge in [0.15, 0.2) is 6.61 Å². The van der Waals surface area contributed by atoms with E-state index in [0.717, 1.165) is 57.8 Å². The Balaban J connectivity index is 0.000000211. The van der Waals surface area contributed by atoms with Crippen LogP contribution in [0.5, 0.6) is 0 Å². The van der Waals surface area contributed by atoms with E-state index in [1.807, 2.05) is 48.5 Å². The molecule has 4 bridgehead atoms. The highest BCUT2D eigenvalue weighted by Crippen LogP contribution is 2.59. The molecule has 2 atom stereocenters. The average Bonchev–Trinajstić information content (AvgIpc) is 2.81. The Bertz CT molecular complexity index is 853. The molecule has 0 amide bonds. The zero-order valence-electron chi connectivity index (χ0n) is 25.0. The van der Waals surface area contributed by atoms with Crippen molar-refractivity contribution in [3.63, 3.8) is 0 Å². The molecule has 0 heterocycles. The fourth-order valence-electron chi connectivity index (χ4n) is 6.90. The minimum absolute atomic E-state index is 0.0828. The van der Waals surface area contributed by atoms with E-state index < -0.39 is 22.4 Å². The van der Waals surface area contributed by atoms with Crippen LogP contribution in [0.3, 0.4) is 0 Å². The maximum absolute atomic E-state index is 12.4. The van der Waals surface area contributed by atoms with E-state index >= 15 is 0 Å². The van der Waals surface area contributed by atoms with Gasteiger partial charge in [-0.1, -0.05) is 20.3 Å². The predicted octanol–water partition coefficient (Wildman–Crippen LogP) is 6.28. The summed E-state index contributed by atoms with van der Waals surface area (Å²) in [7, 11) is 0. The van der Waals surface area contributed by atoms with E-state index in [1.165, 1.54) is 12.8 Å². The molecule has 5 rings (SSSR count). The van der Waals surface area contributed by atoms with E-state index in [-0.39, 0.29) is 29.7 Å². The molecule has 0 aromatic heterocycles. The molecule has 0 saturated heterocycles. The third-order valence-corrected chi connectivity index (χ3v) is 9.75. The number of carbonyl (C=O) groups is 3. The molecule has 5 saturated carbocycles. The quantitative estimate of drug-likeness (QED) is 0.288. The second kappa shape index (κ2) is 11.5. The summed E-state index contributed by atoms with van der Waals surface area (Å²) in [6.45, 7) is 13.1. The van der Waals surface area contributed by atoms with Crippen LogP contribution in [-0.2, 0) is 28.6 Å².